The molecule has 1 aliphatic rings. The second-order valence-electron chi connectivity index (χ2n) is 5.41. The average molecular weight is 308 g/mol. The van der Waals surface area contributed by atoms with Crippen molar-refractivity contribution in [1.82, 2.24) is 0 Å². The number of halogens is 1. The van der Waals surface area contributed by atoms with E-state index in [2.05, 4.69) is 5.32 Å². The third-order valence-corrected chi connectivity index (χ3v) is 4.86. The molecule has 104 valence electrons. The normalized spacial score (nSPS) is 17.7. The highest BCUT2D eigenvalue weighted by Gasteiger charge is 2.40. The number of aliphatic hydroxyl groups excluding tert-OH is 1. The van der Waals surface area contributed by atoms with Crippen LogP contribution >= 0.6 is 22.9 Å². The zero-order chi connectivity index (χ0) is 14.5. The van der Waals surface area contributed by atoms with Gasteiger partial charge in [-0.25, -0.2) is 0 Å². The smallest absolute Gasteiger partial charge is 0.234 e. The van der Waals surface area contributed by atoms with Crippen molar-refractivity contribution in [2.45, 2.75) is 25.4 Å². The average Bonchev–Trinajstić information content (AvgIpc) is 2.99. The Morgan fingerprint density at radius 1 is 1.40 bits per heavy atom. The van der Waals surface area contributed by atoms with Crippen molar-refractivity contribution >= 4 is 34.5 Å². The maximum atomic E-state index is 12.1. The van der Waals surface area contributed by atoms with Crippen LogP contribution in [-0.2, 0) is 10.2 Å². The standard InChI is InChI=1S/C15H14ClNO2S/c1-15(2)10-7-8(16)6-9(12(10)17-14(15)19)13(18)11-4-3-5-20-11/h3-7,13,18H,1-2H3,(H,17,19). The van der Waals surface area contributed by atoms with E-state index < -0.39 is 11.5 Å². The Kier molecular flexibility index (Phi) is 3.12. The quantitative estimate of drug-likeness (QED) is 0.888. The van der Waals surface area contributed by atoms with Crippen LogP contribution in [0.1, 0.15) is 36.0 Å². The lowest BCUT2D eigenvalue weighted by Crippen LogP contribution is -2.26. The summed E-state index contributed by atoms with van der Waals surface area (Å²) in [4.78, 5) is 12.9. The monoisotopic (exact) mass is 307 g/mol. The number of fused-ring (bicyclic) bond motifs is 1. The predicted molar refractivity (Wildman–Crippen MR) is 81.5 cm³/mol. The predicted octanol–water partition coefficient (Wildman–Crippen LogP) is 3.71. The minimum Gasteiger partial charge on any atom is -0.383 e. The van der Waals surface area contributed by atoms with E-state index in [0.717, 1.165) is 10.4 Å². The fourth-order valence-electron chi connectivity index (χ4n) is 2.47. The largest absolute Gasteiger partial charge is 0.383 e. The number of benzene rings is 1. The number of anilines is 1. The molecule has 0 saturated heterocycles. The first-order valence-electron chi connectivity index (χ1n) is 6.28. The maximum Gasteiger partial charge on any atom is 0.234 e. The van der Waals surface area contributed by atoms with Crippen molar-refractivity contribution in [3.8, 4) is 0 Å². The van der Waals surface area contributed by atoms with Gasteiger partial charge in [0.15, 0.2) is 0 Å². The van der Waals surface area contributed by atoms with E-state index in [-0.39, 0.29) is 5.91 Å². The summed E-state index contributed by atoms with van der Waals surface area (Å²) in [6.07, 6.45) is -0.781. The van der Waals surface area contributed by atoms with Gasteiger partial charge in [0.1, 0.15) is 6.10 Å². The van der Waals surface area contributed by atoms with Crippen LogP contribution in [-0.4, -0.2) is 11.0 Å². The van der Waals surface area contributed by atoms with E-state index >= 15 is 0 Å². The van der Waals surface area contributed by atoms with Gasteiger partial charge in [-0.1, -0.05) is 17.7 Å². The van der Waals surface area contributed by atoms with Gasteiger partial charge in [-0.15, -0.1) is 11.3 Å². The Hall–Kier alpha value is -1.36. The van der Waals surface area contributed by atoms with E-state index in [4.69, 9.17) is 11.6 Å². The third-order valence-electron chi connectivity index (χ3n) is 3.72. The Labute approximate surface area is 126 Å². The first-order chi connectivity index (χ1) is 9.41. The van der Waals surface area contributed by atoms with Crippen molar-refractivity contribution in [2.24, 2.45) is 0 Å². The van der Waals surface area contributed by atoms with E-state index in [1.54, 1.807) is 12.1 Å². The number of hydrogen-bond donors (Lipinski definition) is 2. The molecule has 1 unspecified atom stereocenters. The summed E-state index contributed by atoms with van der Waals surface area (Å²) in [5, 5.41) is 15.8. The van der Waals surface area contributed by atoms with Crippen LogP contribution in [0.15, 0.2) is 29.6 Å². The Bertz CT molecular complexity index is 679. The van der Waals surface area contributed by atoms with Crippen molar-refractivity contribution in [3.63, 3.8) is 0 Å². The number of rotatable bonds is 2. The number of hydrogen-bond acceptors (Lipinski definition) is 3. The van der Waals surface area contributed by atoms with Gasteiger partial charge in [-0.05, 0) is 43.0 Å². The van der Waals surface area contributed by atoms with Crippen LogP contribution in [0.2, 0.25) is 5.02 Å². The zero-order valence-electron chi connectivity index (χ0n) is 11.1. The summed E-state index contributed by atoms with van der Waals surface area (Å²) >= 11 is 7.63. The second kappa shape index (κ2) is 4.58. The molecule has 0 fully saturated rings. The molecule has 3 nitrogen and oxygen atoms in total. The molecular formula is C15H14ClNO2S. The van der Waals surface area contributed by atoms with Crippen LogP contribution in [0.3, 0.4) is 0 Å². The van der Waals surface area contributed by atoms with Gasteiger partial charge < -0.3 is 10.4 Å². The first-order valence-corrected chi connectivity index (χ1v) is 7.54. The van der Waals surface area contributed by atoms with Gasteiger partial charge in [0, 0.05) is 15.5 Å². The first kappa shape index (κ1) is 13.6. The Balaban J connectivity index is 2.17. The molecule has 0 saturated carbocycles. The highest BCUT2D eigenvalue weighted by molar-refractivity contribution is 7.10. The molecule has 1 aromatic carbocycles. The molecule has 3 rings (SSSR count). The van der Waals surface area contributed by atoms with Crippen molar-refractivity contribution in [2.75, 3.05) is 5.32 Å². The number of nitrogens with one attached hydrogen (secondary N) is 1. The Morgan fingerprint density at radius 2 is 2.15 bits per heavy atom. The molecule has 5 heteroatoms. The van der Waals surface area contributed by atoms with Crippen LogP contribution < -0.4 is 5.32 Å². The van der Waals surface area contributed by atoms with Gasteiger partial charge in [0.05, 0.1) is 11.1 Å². The van der Waals surface area contributed by atoms with Gasteiger partial charge in [0.25, 0.3) is 0 Å². The summed E-state index contributed by atoms with van der Waals surface area (Å²) in [6.45, 7) is 3.71. The van der Waals surface area contributed by atoms with E-state index in [1.165, 1.54) is 11.3 Å². The lowest BCUT2D eigenvalue weighted by Gasteiger charge is -2.17. The number of carbonyl (C=O) groups is 1. The highest BCUT2D eigenvalue weighted by atomic mass is 35.5. The molecule has 0 aliphatic carbocycles. The minimum absolute atomic E-state index is 0.0746. The maximum absolute atomic E-state index is 12.1. The zero-order valence-corrected chi connectivity index (χ0v) is 12.7. The van der Waals surface area contributed by atoms with Gasteiger partial charge in [-0.3, -0.25) is 4.79 Å². The topological polar surface area (TPSA) is 49.3 Å². The molecule has 1 atom stereocenters. The molecule has 2 heterocycles. The fourth-order valence-corrected chi connectivity index (χ4v) is 3.42. The third kappa shape index (κ3) is 1.95. The molecule has 1 aliphatic heterocycles. The fraction of sp³-hybridized carbons (Fsp3) is 0.267. The number of carbonyl (C=O) groups excluding carboxylic acids is 1. The molecule has 0 spiro atoms. The van der Waals surface area contributed by atoms with Gasteiger partial charge in [-0.2, -0.15) is 0 Å². The van der Waals surface area contributed by atoms with Gasteiger partial charge >= 0.3 is 0 Å². The molecule has 1 aromatic heterocycles. The minimum atomic E-state index is -0.781. The molecule has 0 radical (unpaired) electrons. The molecular weight excluding hydrogens is 294 g/mol. The summed E-state index contributed by atoms with van der Waals surface area (Å²) in [6, 6.07) is 7.26. The molecule has 20 heavy (non-hydrogen) atoms. The number of thiophene rings is 1. The molecule has 2 N–H and O–H groups in total. The SMILES string of the molecule is CC1(C)C(=O)Nc2c(C(O)c3cccs3)cc(Cl)cc21. The highest BCUT2D eigenvalue weighted by Crippen LogP contribution is 2.44. The van der Waals surface area contributed by atoms with E-state index in [1.807, 2.05) is 31.4 Å². The van der Waals surface area contributed by atoms with E-state index in [9.17, 15) is 9.90 Å². The summed E-state index contributed by atoms with van der Waals surface area (Å²) in [7, 11) is 0. The van der Waals surface area contributed by atoms with Crippen LogP contribution in [0.4, 0.5) is 5.69 Å². The molecule has 0 bridgehead atoms. The van der Waals surface area contributed by atoms with Crippen molar-refractivity contribution < 1.29 is 9.90 Å². The number of aliphatic hydroxyl groups is 1. The summed E-state index contributed by atoms with van der Waals surface area (Å²) in [5.74, 6) is -0.0746. The second-order valence-corrected chi connectivity index (χ2v) is 6.83. The summed E-state index contributed by atoms with van der Waals surface area (Å²) < 4.78 is 0. The summed E-state index contributed by atoms with van der Waals surface area (Å²) in [5.41, 5.74) is 1.53. The number of amides is 1. The van der Waals surface area contributed by atoms with E-state index in [0.29, 0.717) is 16.3 Å². The van der Waals surface area contributed by atoms with Crippen LogP contribution in [0, 0.1) is 0 Å². The molecule has 1 amide bonds. The lowest BCUT2D eigenvalue weighted by molar-refractivity contribution is -0.119. The van der Waals surface area contributed by atoms with Crippen molar-refractivity contribution in [3.05, 3.63) is 50.7 Å². The molecule has 2 aromatic rings. The van der Waals surface area contributed by atoms with Gasteiger partial charge in [0.2, 0.25) is 5.91 Å². The van der Waals surface area contributed by atoms with Crippen LogP contribution in [0.25, 0.3) is 0 Å². The van der Waals surface area contributed by atoms with Crippen molar-refractivity contribution in [1.29, 1.82) is 0 Å². The lowest BCUT2D eigenvalue weighted by atomic mass is 9.85. The van der Waals surface area contributed by atoms with Crippen LogP contribution in [0.5, 0.6) is 0 Å². The Morgan fingerprint density at radius 3 is 2.80 bits per heavy atom.